The third-order valence-electron chi connectivity index (χ3n) is 4.00. The second-order valence-corrected chi connectivity index (χ2v) is 8.62. The number of halogens is 1. The maximum atomic E-state index is 12.3. The van der Waals surface area contributed by atoms with Crippen LogP contribution < -0.4 is 5.32 Å². The lowest BCUT2D eigenvalue weighted by atomic mass is 9.96. The molecule has 1 N–H and O–H groups in total. The van der Waals surface area contributed by atoms with Gasteiger partial charge in [0.05, 0.1) is 12.3 Å². The molecule has 0 bridgehead atoms. The van der Waals surface area contributed by atoms with Crippen LogP contribution in [0.5, 0.6) is 0 Å². The van der Waals surface area contributed by atoms with E-state index in [0.29, 0.717) is 25.9 Å². The Hall–Kier alpha value is -0.920. The molecule has 0 aromatic heterocycles. The summed E-state index contributed by atoms with van der Waals surface area (Å²) in [6, 6.07) is 7.77. The summed E-state index contributed by atoms with van der Waals surface area (Å²) in [5, 5.41) is 3.02. The standard InChI is InChI=1S/C15H21BrN2O3S/c1-11(13-4-3-5-14(16)10-13)17-15(19)12-6-8-18(9-7-12)22(2,20)21/h3-5,10-12H,6-9H2,1-2H3,(H,17,19)/t11-/m0/s1. The van der Waals surface area contributed by atoms with E-state index in [9.17, 15) is 13.2 Å². The van der Waals surface area contributed by atoms with Gasteiger partial charge in [-0.15, -0.1) is 0 Å². The predicted molar refractivity (Wildman–Crippen MR) is 89.8 cm³/mol. The molecule has 0 spiro atoms. The van der Waals surface area contributed by atoms with Gasteiger partial charge < -0.3 is 5.32 Å². The molecule has 1 aliphatic rings. The molecule has 5 nitrogen and oxygen atoms in total. The molecule has 1 fully saturated rings. The van der Waals surface area contributed by atoms with Crippen LogP contribution in [0.25, 0.3) is 0 Å². The van der Waals surface area contributed by atoms with Crippen LogP contribution in [0.15, 0.2) is 28.7 Å². The summed E-state index contributed by atoms with van der Waals surface area (Å²) in [5.74, 6) is -0.117. The van der Waals surface area contributed by atoms with Gasteiger partial charge in [0.15, 0.2) is 0 Å². The largest absolute Gasteiger partial charge is 0.349 e. The van der Waals surface area contributed by atoms with E-state index in [0.717, 1.165) is 10.0 Å². The maximum Gasteiger partial charge on any atom is 0.223 e. The summed E-state index contributed by atoms with van der Waals surface area (Å²) in [7, 11) is -3.15. The summed E-state index contributed by atoms with van der Waals surface area (Å²) in [4.78, 5) is 12.3. The lowest BCUT2D eigenvalue weighted by Gasteiger charge is -2.30. The van der Waals surface area contributed by atoms with Gasteiger partial charge in [0.2, 0.25) is 15.9 Å². The first-order chi connectivity index (χ1) is 10.3. The first kappa shape index (κ1) is 17.4. The molecule has 122 valence electrons. The van der Waals surface area contributed by atoms with E-state index < -0.39 is 10.0 Å². The van der Waals surface area contributed by atoms with Gasteiger partial charge in [0.25, 0.3) is 0 Å². The lowest BCUT2D eigenvalue weighted by molar-refractivity contribution is -0.126. The third-order valence-corrected chi connectivity index (χ3v) is 5.80. The zero-order chi connectivity index (χ0) is 16.3. The SMILES string of the molecule is C[C@H](NC(=O)C1CCN(S(C)(=O)=O)CC1)c1cccc(Br)c1. The minimum atomic E-state index is -3.15. The molecule has 0 saturated carbocycles. The molecule has 1 aromatic rings. The summed E-state index contributed by atoms with van der Waals surface area (Å²) in [6.07, 6.45) is 2.36. The second kappa shape index (κ2) is 7.10. The highest BCUT2D eigenvalue weighted by Crippen LogP contribution is 2.22. The van der Waals surface area contributed by atoms with Crippen molar-refractivity contribution in [2.75, 3.05) is 19.3 Å². The Kier molecular flexibility index (Phi) is 5.63. The van der Waals surface area contributed by atoms with Crippen molar-refractivity contribution in [2.24, 2.45) is 5.92 Å². The molecule has 1 atom stereocenters. The Morgan fingerprint density at radius 1 is 1.36 bits per heavy atom. The predicted octanol–water partition coefficient (Wildman–Crippen LogP) is 2.30. The molecule has 1 saturated heterocycles. The smallest absolute Gasteiger partial charge is 0.223 e. The Labute approximate surface area is 140 Å². The molecular weight excluding hydrogens is 368 g/mol. The zero-order valence-corrected chi connectivity index (χ0v) is 15.2. The van der Waals surface area contributed by atoms with Crippen molar-refractivity contribution in [3.63, 3.8) is 0 Å². The van der Waals surface area contributed by atoms with Crippen LogP contribution >= 0.6 is 15.9 Å². The van der Waals surface area contributed by atoms with Crippen molar-refractivity contribution in [3.05, 3.63) is 34.3 Å². The molecule has 1 heterocycles. The van der Waals surface area contributed by atoms with E-state index in [4.69, 9.17) is 0 Å². The number of nitrogens with one attached hydrogen (secondary N) is 1. The molecule has 0 aliphatic carbocycles. The number of carbonyl (C=O) groups is 1. The number of hydrogen-bond donors (Lipinski definition) is 1. The van der Waals surface area contributed by atoms with Gasteiger partial charge in [-0.2, -0.15) is 0 Å². The van der Waals surface area contributed by atoms with E-state index in [1.54, 1.807) is 0 Å². The van der Waals surface area contributed by atoms with E-state index >= 15 is 0 Å². The summed E-state index contributed by atoms with van der Waals surface area (Å²) in [6.45, 7) is 2.79. The van der Waals surface area contributed by atoms with Crippen molar-refractivity contribution in [2.45, 2.75) is 25.8 Å². The van der Waals surface area contributed by atoms with Crippen molar-refractivity contribution in [1.82, 2.24) is 9.62 Å². The average molecular weight is 389 g/mol. The molecule has 7 heteroatoms. The quantitative estimate of drug-likeness (QED) is 0.860. The topological polar surface area (TPSA) is 66.5 Å². The minimum Gasteiger partial charge on any atom is -0.349 e. The molecule has 2 rings (SSSR count). The van der Waals surface area contributed by atoms with Crippen LogP contribution in [0, 0.1) is 5.92 Å². The fourth-order valence-electron chi connectivity index (χ4n) is 2.64. The van der Waals surface area contributed by atoms with Crippen LogP contribution in [0.4, 0.5) is 0 Å². The molecule has 0 unspecified atom stereocenters. The number of rotatable bonds is 4. The van der Waals surface area contributed by atoms with Gasteiger partial charge in [-0.1, -0.05) is 28.1 Å². The van der Waals surface area contributed by atoms with Crippen LogP contribution in [-0.2, 0) is 14.8 Å². The van der Waals surface area contributed by atoms with Crippen LogP contribution in [0.1, 0.15) is 31.4 Å². The fourth-order valence-corrected chi connectivity index (χ4v) is 3.93. The average Bonchev–Trinajstić information content (AvgIpc) is 2.46. The van der Waals surface area contributed by atoms with Crippen LogP contribution in [0.3, 0.4) is 0 Å². The first-order valence-corrected chi connectivity index (χ1v) is 9.92. The summed E-state index contributed by atoms with van der Waals surface area (Å²) in [5.41, 5.74) is 1.04. The number of sulfonamides is 1. The Morgan fingerprint density at radius 3 is 2.55 bits per heavy atom. The van der Waals surface area contributed by atoms with Gasteiger partial charge in [-0.05, 0) is 37.5 Å². The van der Waals surface area contributed by atoms with Crippen molar-refractivity contribution < 1.29 is 13.2 Å². The monoisotopic (exact) mass is 388 g/mol. The lowest BCUT2D eigenvalue weighted by Crippen LogP contribution is -2.43. The van der Waals surface area contributed by atoms with E-state index in [1.807, 2.05) is 31.2 Å². The number of hydrogen-bond acceptors (Lipinski definition) is 3. The van der Waals surface area contributed by atoms with Crippen LogP contribution in [0.2, 0.25) is 0 Å². The number of carbonyl (C=O) groups excluding carboxylic acids is 1. The number of piperidine rings is 1. The molecule has 0 radical (unpaired) electrons. The minimum absolute atomic E-state index is 0.000580. The van der Waals surface area contributed by atoms with E-state index in [-0.39, 0.29) is 17.9 Å². The van der Waals surface area contributed by atoms with Crippen molar-refractivity contribution in [3.8, 4) is 0 Å². The third kappa shape index (κ3) is 4.54. The van der Waals surface area contributed by atoms with Crippen molar-refractivity contribution in [1.29, 1.82) is 0 Å². The Morgan fingerprint density at radius 2 is 2.00 bits per heavy atom. The summed E-state index contributed by atoms with van der Waals surface area (Å²) >= 11 is 3.42. The molecule has 22 heavy (non-hydrogen) atoms. The molecule has 1 aromatic carbocycles. The van der Waals surface area contributed by atoms with Gasteiger partial charge in [-0.3, -0.25) is 4.79 Å². The van der Waals surface area contributed by atoms with Crippen molar-refractivity contribution >= 4 is 31.9 Å². The Bertz CT molecular complexity index is 640. The highest BCUT2D eigenvalue weighted by atomic mass is 79.9. The maximum absolute atomic E-state index is 12.3. The summed E-state index contributed by atoms with van der Waals surface area (Å²) < 4.78 is 25.4. The molecular formula is C15H21BrN2O3S. The van der Waals surface area contributed by atoms with Gasteiger partial charge >= 0.3 is 0 Å². The van der Waals surface area contributed by atoms with Gasteiger partial charge in [-0.25, -0.2) is 12.7 Å². The highest BCUT2D eigenvalue weighted by Gasteiger charge is 2.29. The van der Waals surface area contributed by atoms with Gasteiger partial charge in [0.1, 0.15) is 0 Å². The molecule has 1 aliphatic heterocycles. The number of amides is 1. The zero-order valence-electron chi connectivity index (χ0n) is 12.8. The first-order valence-electron chi connectivity index (χ1n) is 7.28. The fraction of sp³-hybridized carbons (Fsp3) is 0.533. The normalized spacial score (nSPS) is 18.9. The van der Waals surface area contributed by atoms with E-state index in [2.05, 4.69) is 21.2 Å². The molecule has 1 amide bonds. The highest BCUT2D eigenvalue weighted by molar-refractivity contribution is 9.10. The number of benzene rings is 1. The van der Waals surface area contributed by atoms with Gasteiger partial charge in [0, 0.05) is 23.5 Å². The number of nitrogens with zero attached hydrogens (tertiary/aromatic N) is 1. The Balaban J connectivity index is 1.91. The second-order valence-electron chi connectivity index (χ2n) is 5.72. The van der Waals surface area contributed by atoms with E-state index in [1.165, 1.54) is 10.6 Å². The van der Waals surface area contributed by atoms with Crippen LogP contribution in [-0.4, -0.2) is 38.0 Å².